The van der Waals surface area contributed by atoms with Gasteiger partial charge in [-0.2, -0.15) is 0 Å². The van der Waals surface area contributed by atoms with Crippen LogP contribution in [0, 0.1) is 11.6 Å². The highest BCUT2D eigenvalue weighted by atomic mass is 19.1. The fraction of sp³-hybridized carbons (Fsp3) is 0.486. The van der Waals surface area contributed by atoms with Crippen molar-refractivity contribution in [2.24, 2.45) is 0 Å². The van der Waals surface area contributed by atoms with Crippen LogP contribution in [0.15, 0.2) is 66.7 Å². The summed E-state index contributed by atoms with van der Waals surface area (Å²) in [6.45, 7) is 8.83. The van der Waals surface area contributed by atoms with Crippen molar-refractivity contribution in [1.82, 2.24) is 10.2 Å². The zero-order valence-corrected chi connectivity index (χ0v) is 29.3. The summed E-state index contributed by atoms with van der Waals surface area (Å²) in [5.41, 5.74) is 0.765. The summed E-state index contributed by atoms with van der Waals surface area (Å²) in [6, 6.07) is 16.8. The molecule has 0 spiro atoms. The third kappa shape index (κ3) is 16.6. The van der Waals surface area contributed by atoms with Crippen molar-refractivity contribution >= 4 is 6.09 Å². The van der Waals surface area contributed by atoms with Gasteiger partial charge in [0, 0.05) is 19.2 Å². The summed E-state index contributed by atoms with van der Waals surface area (Å²) in [6.07, 6.45) is -1.65. The lowest BCUT2D eigenvalue weighted by Gasteiger charge is -2.29. The Morgan fingerprint density at radius 2 is 1.30 bits per heavy atom. The van der Waals surface area contributed by atoms with E-state index in [1.54, 1.807) is 63.2 Å². The maximum atomic E-state index is 13.4. The summed E-state index contributed by atoms with van der Waals surface area (Å²) in [7, 11) is 1.86. The molecule has 3 aromatic rings. The molecular weight excluding hydrogens is 654 g/mol. The van der Waals surface area contributed by atoms with E-state index in [2.05, 4.69) is 5.32 Å². The molecule has 0 fully saturated rings. The number of carbonyl (C=O) groups excluding carboxylic acids is 1. The number of benzene rings is 3. The zero-order chi connectivity index (χ0) is 36.2. The van der Waals surface area contributed by atoms with Crippen LogP contribution in [0.2, 0.25) is 0 Å². The van der Waals surface area contributed by atoms with Crippen molar-refractivity contribution in [3.63, 3.8) is 0 Å². The molecule has 1 amide bonds. The summed E-state index contributed by atoms with van der Waals surface area (Å²) in [4.78, 5) is 14.3. The molecule has 0 saturated carbocycles. The Morgan fingerprint density at radius 3 is 1.86 bits per heavy atom. The highest BCUT2D eigenvalue weighted by molar-refractivity contribution is 5.68. The van der Waals surface area contributed by atoms with Gasteiger partial charge in [-0.1, -0.05) is 24.3 Å². The number of ether oxygens (including phenoxy) is 7. The van der Waals surface area contributed by atoms with Gasteiger partial charge < -0.3 is 48.5 Å². The number of nitrogens with one attached hydrogen (secondary N) is 1. The Labute approximate surface area is 293 Å². The first-order valence-corrected chi connectivity index (χ1v) is 16.6. The lowest BCUT2D eigenvalue weighted by molar-refractivity contribution is -0.00792. The van der Waals surface area contributed by atoms with Gasteiger partial charge in [0.2, 0.25) is 0 Å². The smallest absolute Gasteiger partial charge is 0.410 e. The molecule has 13 heteroatoms. The second kappa shape index (κ2) is 21.9. The fourth-order valence-corrected chi connectivity index (χ4v) is 4.27. The van der Waals surface area contributed by atoms with E-state index in [1.165, 1.54) is 29.2 Å². The van der Waals surface area contributed by atoms with Gasteiger partial charge in [-0.3, -0.25) is 0 Å². The van der Waals surface area contributed by atoms with Crippen LogP contribution in [0.4, 0.5) is 13.6 Å². The van der Waals surface area contributed by atoms with Crippen molar-refractivity contribution < 1.29 is 51.8 Å². The van der Waals surface area contributed by atoms with E-state index < -0.39 is 17.8 Å². The Hall–Kier alpha value is -4.01. The minimum Gasteiger partial charge on any atom is -0.491 e. The molecule has 0 aliphatic heterocycles. The Kier molecular flexibility index (Phi) is 17.7. The topological polar surface area (TPSA) is 117 Å². The molecule has 0 aliphatic rings. The Bertz CT molecular complexity index is 1390. The van der Waals surface area contributed by atoms with Crippen LogP contribution in [0.3, 0.4) is 0 Å². The van der Waals surface area contributed by atoms with Gasteiger partial charge >= 0.3 is 6.09 Å². The van der Waals surface area contributed by atoms with Crippen LogP contribution < -0.4 is 19.5 Å². The Balaban J connectivity index is 1.55. The maximum Gasteiger partial charge on any atom is 0.410 e. The standard InChI is InChI=1S/C37H50F2N2O9/c1-37(2,3)50-36(43)41(16-18-45-20-22-46-21-19-44-17-15-40-4)24-32(42)27-47-33-13-14-34(48-25-28-5-9-30(38)10-6-28)35(23-33)49-26-29-7-11-31(39)12-8-29/h5-14,23,32,40,42H,15-22,24-27H2,1-4H3/t32-/m1/s1. The van der Waals surface area contributed by atoms with Crippen LogP contribution in [0.5, 0.6) is 17.2 Å². The molecule has 11 nitrogen and oxygen atoms in total. The summed E-state index contributed by atoms with van der Waals surface area (Å²) < 4.78 is 66.7. The van der Waals surface area contributed by atoms with Crippen LogP contribution in [-0.2, 0) is 32.2 Å². The molecule has 0 bridgehead atoms. The molecule has 3 rings (SSSR count). The number of rotatable bonds is 23. The summed E-state index contributed by atoms with van der Waals surface area (Å²) in [5.74, 6) is 0.436. The number of likely N-dealkylation sites (N-methyl/N-ethyl adjacent to an activating group) is 1. The highest BCUT2D eigenvalue weighted by Crippen LogP contribution is 2.33. The molecule has 0 aromatic heterocycles. The molecule has 1 atom stereocenters. The van der Waals surface area contributed by atoms with Gasteiger partial charge in [0.1, 0.15) is 48.9 Å². The second-order valence-electron chi connectivity index (χ2n) is 12.3. The van der Waals surface area contributed by atoms with Gasteiger partial charge in [0.15, 0.2) is 11.5 Å². The first-order valence-electron chi connectivity index (χ1n) is 16.6. The SMILES string of the molecule is CNCCOCCOCCOCCN(C[C@@H](O)COc1ccc(OCc2ccc(F)cc2)c(OCc2ccc(F)cc2)c1)C(=O)OC(C)(C)C. The lowest BCUT2D eigenvalue weighted by Crippen LogP contribution is -2.44. The average molecular weight is 705 g/mol. The van der Waals surface area contributed by atoms with Crippen LogP contribution in [0.25, 0.3) is 0 Å². The van der Waals surface area contributed by atoms with Gasteiger partial charge in [-0.15, -0.1) is 0 Å². The number of aliphatic hydroxyl groups excluding tert-OH is 1. The molecule has 50 heavy (non-hydrogen) atoms. The minimum absolute atomic E-state index is 0.0640. The molecule has 276 valence electrons. The van der Waals surface area contributed by atoms with Gasteiger partial charge in [0.25, 0.3) is 0 Å². The number of halogens is 2. The van der Waals surface area contributed by atoms with E-state index >= 15 is 0 Å². The summed E-state index contributed by atoms with van der Waals surface area (Å²) in [5, 5.41) is 13.9. The first-order chi connectivity index (χ1) is 24.0. The van der Waals surface area contributed by atoms with E-state index in [0.717, 1.165) is 17.7 Å². The van der Waals surface area contributed by atoms with Gasteiger partial charge in [-0.05, 0) is 75.3 Å². The predicted molar refractivity (Wildman–Crippen MR) is 184 cm³/mol. The third-order valence-electron chi connectivity index (χ3n) is 6.80. The zero-order valence-electron chi connectivity index (χ0n) is 29.3. The van der Waals surface area contributed by atoms with Crippen LogP contribution >= 0.6 is 0 Å². The molecule has 3 aromatic carbocycles. The van der Waals surface area contributed by atoms with Gasteiger partial charge in [-0.25, -0.2) is 13.6 Å². The van der Waals surface area contributed by atoms with Crippen molar-refractivity contribution in [3.05, 3.63) is 89.5 Å². The van der Waals surface area contributed by atoms with Crippen LogP contribution in [-0.4, -0.2) is 101 Å². The molecule has 0 radical (unpaired) electrons. The molecule has 2 N–H and O–H groups in total. The molecule has 0 unspecified atom stereocenters. The van der Waals surface area contributed by atoms with Crippen molar-refractivity contribution in [2.45, 2.75) is 45.7 Å². The monoisotopic (exact) mass is 704 g/mol. The number of hydrogen-bond acceptors (Lipinski definition) is 10. The normalized spacial score (nSPS) is 12.0. The largest absolute Gasteiger partial charge is 0.491 e. The molecular formula is C37H50F2N2O9. The number of carbonyl (C=O) groups is 1. The number of aliphatic hydroxyl groups is 1. The van der Waals surface area contributed by atoms with Gasteiger partial charge in [0.05, 0.1) is 46.2 Å². The second-order valence-corrected chi connectivity index (χ2v) is 12.3. The number of amides is 1. The van der Waals surface area contributed by atoms with Crippen molar-refractivity contribution in [1.29, 1.82) is 0 Å². The average Bonchev–Trinajstić information content (AvgIpc) is 3.08. The van der Waals surface area contributed by atoms with Crippen LogP contribution in [0.1, 0.15) is 31.9 Å². The van der Waals surface area contributed by atoms with E-state index in [1.807, 2.05) is 7.05 Å². The Morgan fingerprint density at radius 1 is 0.760 bits per heavy atom. The number of nitrogens with zero attached hydrogens (tertiary/aromatic N) is 1. The van der Waals surface area contributed by atoms with Crippen molar-refractivity contribution in [2.75, 3.05) is 72.9 Å². The molecule has 0 aliphatic carbocycles. The molecule has 0 heterocycles. The van der Waals surface area contributed by atoms with E-state index in [0.29, 0.717) is 50.3 Å². The minimum atomic E-state index is -1.06. The lowest BCUT2D eigenvalue weighted by atomic mass is 10.2. The van der Waals surface area contributed by atoms with E-state index in [-0.39, 0.29) is 51.2 Å². The molecule has 0 saturated heterocycles. The van der Waals surface area contributed by atoms with E-state index in [9.17, 15) is 18.7 Å². The fourth-order valence-electron chi connectivity index (χ4n) is 4.27. The van der Waals surface area contributed by atoms with E-state index in [4.69, 9.17) is 33.2 Å². The summed E-state index contributed by atoms with van der Waals surface area (Å²) >= 11 is 0. The van der Waals surface area contributed by atoms with Crippen molar-refractivity contribution in [3.8, 4) is 17.2 Å². The first kappa shape index (κ1) is 40.4. The maximum absolute atomic E-state index is 13.4. The number of hydrogen-bond donors (Lipinski definition) is 2. The quantitative estimate of drug-likeness (QED) is 0.125. The highest BCUT2D eigenvalue weighted by Gasteiger charge is 2.24. The third-order valence-corrected chi connectivity index (χ3v) is 6.80. The predicted octanol–water partition coefficient (Wildman–Crippen LogP) is 5.37.